The van der Waals surface area contributed by atoms with E-state index in [1.54, 1.807) is 0 Å². The van der Waals surface area contributed by atoms with Crippen molar-refractivity contribution in [2.45, 2.75) is 49.4 Å². The van der Waals surface area contributed by atoms with Crippen LogP contribution in [0.5, 0.6) is 0 Å². The second-order valence-corrected chi connectivity index (χ2v) is 23.7. The highest BCUT2D eigenvalue weighted by Gasteiger charge is 2.42. The summed E-state index contributed by atoms with van der Waals surface area (Å²) in [5, 5.41) is 0.0952. The molecule has 0 fully saturated rings. The lowest BCUT2D eigenvalue weighted by Crippen LogP contribution is -2.11. The third kappa shape index (κ3) is 11.7. The summed E-state index contributed by atoms with van der Waals surface area (Å²) in [4.78, 5) is 15.7. The standard InChI is InChI=1S/C64H26F24N4S2/c65-57(66,67)33-5-27(6-34(19-33)58(68,69)70)25-1-3-47-41(13-25)43-15-31(29-9-37(61(77,78)79)21-38(10-29)62(80,81)82)17-45(53(43)89-47)55-91-49-23-52-50(24-51(49)93-55)92-56(94-52)46-18-32(30-11-39(63(83,84)85)22-40(12-30)64(86,87)88)16-44-42-14-26(2-4-48(42)90-54(44)46)28-7-35(59(71,72)73)20-36(8-28)60(74,75)76/h1-24,89-90H. The third-order valence-electron chi connectivity index (χ3n) is 15.5. The lowest BCUT2D eigenvalue weighted by molar-refractivity contribution is -0.144. The molecule has 0 bridgehead atoms. The van der Waals surface area contributed by atoms with Crippen LogP contribution in [0.2, 0.25) is 0 Å². The summed E-state index contributed by atoms with van der Waals surface area (Å²) in [7, 11) is 0. The van der Waals surface area contributed by atoms with Gasteiger partial charge in [-0.05, 0) is 178 Å². The maximum atomic E-state index is 14.3. The zero-order valence-corrected chi connectivity index (χ0v) is 47.3. The minimum atomic E-state index is -5.33. The maximum absolute atomic E-state index is 14.3. The fourth-order valence-corrected chi connectivity index (χ4v) is 13.1. The van der Waals surface area contributed by atoms with Crippen LogP contribution in [-0.4, -0.2) is 19.9 Å². The molecule has 13 aromatic rings. The van der Waals surface area contributed by atoms with E-state index in [-0.39, 0.29) is 132 Å². The summed E-state index contributed by atoms with van der Waals surface area (Å²) in [6.45, 7) is 0. The van der Waals surface area contributed by atoms with Crippen molar-refractivity contribution in [1.82, 2.24) is 19.9 Å². The molecule has 4 heterocycles. The third-order valence-corrected chi connectivity index (χ3v) is 17.6. The summed E-state index contributed by atoms with van der Waals surface area (Å²) < 4.78 is 341. The zero-order valence-electron chi connectivity index (χ0n) is 45.6. The summed E-state index contributed by atoms with van der Waals surface area (Å²) in [6, 6.07) is 18.1. The molecular weight excluding hydrogens is 1340 g/mol. The topological polar surface area (TPSA) is 57.4 Å². The van der Waals surface area contributed by atoms with Gasteiger partial charge in [-0.2, -0.15) is 105 Å². The van der Waals surface area contributed by atoms with Crippen molar-refractivity contribution in [2.24, 2.45) is 0 Å². The van der Waals surface area contributed by atoms with E-state index in [4.69, 9.17) is 9.97 Å². The second-order valence-electron chi connectivity index (χ2n) is 21.7. The molecule has 482 valence electrons. The average Bonchev–Trinajstić information content (AvgIpc) is 1.57. The number of hydrogen-bond donors (Lipinski definition) is 2. The normalized spacial score (nSPS) is 13.5. The van der Waals surface area contributed by atoms with Gasteiger partial charge in [0.2, 0.25) is 0 Å². The lowest BCUT2D eigenvalue weighted by Gasteiger charge is -2.15. The number of alkyl halides is 24. The van der Waals surface area contributed by atoms with Crippen LogP contribution < -0.4 is 0 Å². The van der Waals surface area contributed by atoms with Gasteiger partial charge in [0.25, 0.3) is 0 Å². The molecule has 0 saturated heterocycles. The van der Waals surface area contributed by atoms with Crippen LogP contribution in [0.1, 0.15) is 44.5 Å². The first-order valence-corrected chi connectivity index (χ1v) is 28.2. The molecule has 0 amide bonds. The SMILES string of the molecule is FC(F)(F)c1cc(-c2ccc3[nH]c4c(-c5nc6cc7sc(-c8cc(-c9cc(C(F)(F)F)cc(C(F)(F)F)c9)cc9c8[nH]c8ccc(-c%10cc(C(F)(F)F)cc(C(F)(F)F)c%10)cc89)nc7cc6s5)cc(-c5cc(C(F)(F)F)cc(C(F)(F)F)c5)cc4c3c2)cc(C(F)(F)F)c1. The Morgan fingerprint density at radius 2 is 0.479 bits per heavy atom. The van der Waals surface area contributed by atoms with Crippen molar-refractivity contribution >= 4 is 86.7 Å². The smallest absolute Gasteiger partial charge is 0.354 e. The van der Waals surface area contributed by atoms with E-state index in [0.717, 1.165) is 22.7 Å². The second kappa shape index (κ2) is 21.1. The van der Waals surface area contributed by atoms with Crippen LogP contribution in [0.4, 0.5) is 105 Å². The predicted molar refractivity (Wildman–Crippen MR) is 304 cm³/mol. The van der Waals surface area contributed by atoms with E-state index >= 15 is 0 Å². The van der Waals surface area contributed by atoms with E-state index in [0.29, 0.717) is 48.5 Å². The highest BCUT2D eigenvalue weighted by molar-refractivity contribution is 7.23. The van der Waals surface area contributed by atoms with E-state index in [1.165, 1.54) is 72.8 Å². The van der Waals surface area contributed by atoms with Gasteiger partial charge >= 0.3 is 49.4 Å². The molecule has 2 N–H and O–H groups in total. The molecule has 0 spiro atoms. The van der Waals surface area contributed by atoms with Crippen molar-refractivity contribution < 1.29 is 105 Å². The molecule has 0 unspecified atom stereocenters. The quantitative estimate of drug-likeness (QED) is 0.163. The van der Waals surface area contributed by atoms with Gasteiger partial charge in [0.05, 0.1) is 76.0 Å². The first-order chi connectivity index (χ1) is 43.5. The number of hydrogen-bond acceptors (Lipinski definition) is 4. The molecule has 0 radical (unpaired) electrons. The summed E-state index contributed by atoms with van der Waals surface area (Å²) in [6.07, 6.45) is -42.4. The molecule has 0 aliphatic carbocycles. The fourth-order valence-electron chi connectivity index (χ4n) is 11.1. The number of halogens is 24. The van der Waals surface area contributed by atoms with Crippen molar-refractivity contribution in [1.29, 1.82) is 0 Å². The summed E-state index contributed by atoms with van der Waals surface area (Å²) >= 11 is 1.77. The van der Waals surface area contributed by atoms with E-state index in [1.807, 2.05) is 0 Å². The van der Waals surface area contributed by atoms with Crippen molar-refractivity contribution in [3.05, 3.63) is 190 Å². The van der Waals surface area contributed by atoms with Crippen LogP contribution >= 0.6 is 22.7 Å². The molecular formula is C64H26F24N4S2. The van der Waals surface area contributed by atoms with Crippen LogP contribution in [0.25, 0.3) is 130 Å². The van der Waals surface area contributed by atoms with Crippen molar-refractivity contribution in [3.63, 3.8) is 0 Å². The molecule has 0 aliphatic rings. The predicted octanol–water partition coefficient (Wildman–Crippen LogP) is 24.3. The van der Waals surface area contributed by atoms with E-state index in [2.05, 4.69) is 9.97 Å². The molecule has 0 atom stereocenters. The summed E-state index contributed by atoms with van der Waals surface area (Å²) in [5.41, 5.74) is -16.2. The molecule has 4 nitrogen and oxygen atoms in total. The largest absolute Gasteiger partial charge is 0.416 e. The Bertz CT molecular complexity index is 4770. The fraction of sp³-hybridized carbons (Fsp3) is 0.125. The van der Waals surface area contributed by atoms with Crippen LogP contribution in [0.15, 0.2) is 146 Å². The molecule has 0 saturated carbocycles. The van der Waals surface area contributed by atoms with Gasteiger partial charge in [0.15, 0.2) is 0 Å². The van der Waals surface area contributed by atoms with Crippen LogP contribution in [0, 0.1) is 0 Å². The minimum Gasteiger partial charge on any atom is -0.354 e. The Kier molecular flexibility index (Phi) is 14.2. The average molecular weight is 1370 g/mol. The van der Waals surface area contributed by atoms with Crippen LogP contribution in [0.3, 0.4) is 0 Å². The number of thiazole rings is 2. The minimum absolute atomic E-state index is 0.00218. The number of aromatic nitrogens is 4. The zero-order chi connectivity index (χ0) is 67.7. The Morgan fingerprint density at radius 3 is 0.734 bits per heavy atom. The monoisotopic (exact) mass is 1370 g/mol. The van der Waals surface area contributed by atoms with Gasteiger partial charge in [-0.15, -0.1) is 22.7 Å². The highest BCUT2D eigenvalue weighted by atomic mass is 32.1. The van der Waals surface area contributed by atoms with Gasteiger partial charge in [-0.1, -0.05) is 12.1 Å². The molecule has 4 aromatic heterocycles. The molecule has 13 rings (SSSR count). The van der Waals surface area contributed by atoms with Crippen molar-refractivity contribution in [3.8, 4) is 65.6 Å². The van der Waals surface area contributed by atoms with Gasteiger partial charge in [0, 0.05) is 43.7 Å². The number of H-pyrrole nitrogens is 2. The van der Waals surface area contributed by atoms with Gasteiger partial charge in [-0.3, -0.25) is 0 Å². The Balaban J connectivity index is 0.993. The van der Waals surface area contributed by atoms with Crippen LogP contribution in [-0.2, 0) is 49.4 Å². The summed E-state index contributed by atoms with van der Waals surface area (Å²) in [5.74, 6) is 0. The highest BCUT2D eigenvalue weighted by Crippen LogP contribution is 2.50. The van der Waals surface area contributed by atoms with Gasteiger partial charge in [-0.25, -0.2) is 9.97 Å². The lowest BCUT2D eigenvalue weighted by atomic mass is 9.94. The number of nitrogens with one attached hydrogen (secondary N) is 2. The Labute approximate surface area is 515 Å². The van der Waals surface area contributed by atoms with Gasteiger partial charge in [0.1, 0.15) is 10.0 Å². The number of rotatable bonds is 6. The number of aromatic amines is 2. The Morgan fingerprint density at radius 1 is 0.245 bits per heavy atom. The van der Waals surface area contributed by atoms with Crippen molar-refractivity contribution in [2.75, 3.05) is 0 Å². The first-order valence-electron chi connectivity index (χ1n) is 26.6. The number of benzene rings is 9. The first kappa shape index (κ1) is 63.4. The maximum Gasteiger partial charge on any atom is 0.416 e. The van der Waals surface area contributed by atoms with E-state index in [9.17, 15) is 105 Å². The molecule has 30 heteroatoms. The molecule has 94 heavy (non-hydrogen) atoms. The van der Waals surface area contributed by atoms with Gasteiger partial charge < -0.3 is 9.97 Å². The van der Waals surface area contributed by atoms with E-state index < -0.39 is 116 Å². The molecule has 9 aromatic carbocycles. The Hall–Kier alpha value is -9.32. The number of fused-ring (bicyclic) bond motifs is 8. The number of nitrogens with zero attached hydrogens (tertiary/aromatic N) is 2. The molecule has 0 aliphatic heterocycles.